The SMILES string of the molecule is COC(=O)C(COc1ccccc1)c1ccncc1. The van der Waals surface area contributed by atoms with Crippen LogP contribution in [0.5, 0.6) is 5.75 Å². The maximum atomic E-state index is 11.8. The molecule has 1 atom stereocenters. The largest absolute Gasteiger partial charge is 0.492 e. The number of rotatable bonds is 5. The summed E-state index contributed by atoms with van der Waals surface area (Å²) in [6, 6.07) is 12.9. The predicted molar refractivity (Wildman–Crippen MR) is 70.9 cm³/mol. The quantitative estimate of drug-likeness (QED) is 0.772. The molecule has 4 heteroatoms. The van der Waals surface area contributed by atoms with Gasteiger partial charge in [-0.15, -0.1) is 0 Å². The van der Waals surface area contributed by atoms with E-state index in [4.69, 9.17) is 9.47 Å². The number of methoxy groups -OCH3 is 1. The maximum absolute atomic E-state index is 11.8. The molecule has 2 aromatic rings. The first-order valence-electron chi connectivity index (χ1n) is 5.97. The molecule has 0 radical (unpaired) electrons. The van der Waals surface area contributed by atoms with E-state index in [-0.39, 0.29) is 12.6 Å². The summed E-state index contributed by atoms with van der Waals surface area (Å²) in [6.45, 7) is 0.237. The normalized spacial score (nSPS) is 11.6. The fourth-order valence-electron chi connectivity index (χ4n) is 1.73. The van der Waals surface area contributed by atoms with Gasteiger partial charge in [0.2, 0.25) is 0 Å². The Balaban J connectivity index is 2.09. The van der Waals surface area contributed by atoms with Crippen LogP contribution < -0.4 is 4.74 Å². The Bertz CT molecular complexity index is 513. The van der Waals surface area contributed by atoms with Crippen LogP contribution in [0.1, 0.15) is 11.5 Å². The highest BCUT2D eigenvalue weighted by atomic mass is 16.5. The number of benzene rings is 1. The number of nitrogens with zero attached hydrogens (tertiary/aromatic N) is 1. The lowest BCUT2D eigenvalue weighted by Crippen LogP contribution is -2.21. The van der Waals surface area contributed by atoms with Gasteiger partial charge in [-0.2, -0.15) is 0 Å². The Morgan fingerprint density at radius 1 is 1.16 bits per heavy atom. The fourth-order valence-corrected chi connectivity index (χ4v) is 1.73. The molecular weight excluding hydrogens is 242 g/mol. The third kappa shape index (κ3) is 3.55. The molecule has 4 nitrogen and oxygen atoms in total. The van der Waals surface area contributed by atoms with Crippen LogP contribution in [0.3, 0.4) is 0 Å². The van der Waals surface area contributed by atoms with Crippen molar-refractivity contribution in [3.05, 3.63) is 60.4 Å². The van der Waals surface area contributed by atoms with Crippen LogP contribution in [0.25, 0.3) is 0 Å². The molecule has 0 aliphatic carbocycles. The van der Waals surface area contributed by atoms with Crippen molar-refractivity contribution in [2.24, 2.45) is 0 Å². The molecule has 2 rings (SSSR count). The highest BCUT2D eigenvalue weighted by molar-refractivity contribution is 5.78. The first kappa shape index (κ1) is 13.1. The number of carbonyl (C=O) groups is 1. The topological polar surface area (TPSA) is 48.4 Å². The maximum Gasteiger partial charge on any atom is 0.316 e. The second-order valence-electron chi connectivity index (χ2n) is 3.98. The van der Waals surface area contributed by atoms with Gasteiger partial charge in [0.1, 0.15) is 18.3 Å². The highest BCUT2D eigenvalue weighted by Crippen LogP contribution is 2.19. The van der Waals surface area contributed by atoms with Gasteiger partial charge in [0, 0.05) is 12.4 Å². The molecule has 0 spiro atoms. The number of hydrogen-bond donors (Lipinski definition) is 0. The molecule has 19 heavy (non-hydrogen) atoms. The number of esters is 1. The average molecular weight is 257 g/mol. The van der Waals surface area contributed by atoms with Crippen LogP contribution in [0.4, 0.5) is 0 Å². The summed E-state index contributed by atoms with van der Waals surface area (Å²) in [6.07, 6.45) is 3.29. The number of ether oxygens (including phenoxy) is 2. The van der Waals surface area contributed by atoms with Gasteiger partial charge in [0.15, 0.2) is 0 Å². The monoisotopic (exact) mass is 257 g/mol. The van der Waals surface area contributed by atoms with Crippen molar-refractivity contribution in [1.29, 1.82) is 0 Å². The van der Waals surface area contributed by atoms with Crippen molar-refractivity contribution >= 4 is 5.97 Å². The number of carbonyl (C=O) groups excluding carboxylic acids is 1. The summed E-state index contributed by atoms with van der Waals surface area (Å²) in [5.41, 5.74) is 0.831. The van der Waals surface area contributed by atoms with Crippen molar-refractivity contribution < 1.29 is 14.3 Å². The van der Waals surface area contributed by atoms with Gasteiger partial charge in [-0.05, 0) is 29.8 Å². The van der Waals surface area contributed by atoms with E-state index in [9.17, 15) is 4.79 Å². The first-order chi connectivity index (χ1) is 9.31. The van der Waals surface area contributed by atoms with Gasteiger partial charge in [0.05, 0.1) is 7.11 Å². The minimum absolute atomic E-state index is 0.237. The molecule has 0 aliphatic rings. The summed E-state index contributed by atoms with van der Waals surface area (Å²) >= 11 is 0. The lowest BCUT2D eigenvalue weighted by atomic mass is 10.0. The number of pyridine rings is 1. The molecule has 0 amide bonds. The van der Waals surface area contributed by atoms with Crippen LogP contribution in [-0.4, -0.2) is 24.7 Å². The van der Waals surface area contributed by atoms with Crippen molar-refractivity contribution in [3.8, 4) is 5.75 Å². The zero-order valence-corrected chi connectivity index (χ0v) is 10.7. The molecule has 0 fully saturated rings. The smallest absolute Gasteiger partial charge is 0.316 e. The van der Waals surface area contributed by atoms with Crippen molar-refractivity contribution in [1.82, 2.24) is 4.98 Å². The van der Waals surface area contributed by atoms with E-state index in [1.165, 1.54) is 7.11 Å². The molecule has 0 saturated carbocycles. The second kappa shape index (κ2) is 6.54. The molecule has 0 bridgehead atoms. The van der Waals surface area contributed by atoms with E-state index in [1.54, 1.807) is 24.5 Å². The van der Waals surface area contributed by atoms with E-state index >= 15 is 0 Å². The molecule has 1 aromatic carbocycles. The third-order valence-electron chi connectivity index (χ3n) is 2.75. The molecule has 1 unspecified atom stereocenters. The number of para-hydroxylation sites is 1. The second-order valence-corrected chi connectivity index (χ2v) is 3.98. The summed E-state index contributed by atoms with van der Waals surface area (Å²) < 4.78 is 10.4. The van der Waals surface area contributed by atoms with E-state index in [2.05, 4.69) is 4.98 Å². The van der Waals surface area contributed by atoms with Crippen molar-refractivity contribution in [2.45, 2.75) is 5.92 Å². The van der Waals surface area contributed by atoms with E-state index in [0.717, 1.165) is 11.3 Å². The molecule has 0 aliphatic heterocycles. The molecule has 1 heterocycles. The van der Waals surface area contributed by atoms with Crippen molar-refractivity contribution in [2.75, 3.05) is 13.7 Å². The lowest BCUT2D eigenvalue weighted by molar-refractivity contribution is -0.143. The van der Waals surface area contributed by atoms with Gasteiger partial charge in [0.25, 0.3) is 0 Å². The molecular formula is C15H15NO3. The highest BCUT2D eigenvalue weighted by Gasteiger charge is 2.22. The van der Waals surface area contributed by atoms with E-state index < -0.39 is 5.92 Å². The average Bonchev–Trinajstić information content (AvgIpc) is 2.49. The molecule has 98 valence electrons. The minimum atomic E-state index is -0.451. The summed E-state index contributed by atoms with van der Waals surface area (Å²) in [4.78, 5) is 15.7. The zero-order chi connectivity index (χ0) is 13.5. The summed E-state index contributed by atoms with van der Waals surface area (Å²) in [7, 11) is 1.37. The van der Waals surface area contributed by atoms with Gasteiger partial charge in [-0.1, -0.05) is 18.2 Å². The number of hydrogen-bond acceptors (Lipinski definition) is 4. The lowest BCUT2D eigenvalue weighted by Gasteiger charge is -2.15. The Kier molecular flexibility index (Phi) is 4.50. The zero-order valence-electron chi connectivity index (χ0n) is 10.7. The Morgan fingerprint density at radius 2 is 1.84 bits per heavy atom. The minimum Gasteiger partial charge on any atom is -0.492 e. The third-order valence-corrected chi connectivity index (χ3v) is 2.75. The van der Waals surface area contributed by atoms with Crippen LogP contribution >= 0.6 is 0 Å². The van der Waals surface area contributed by atoms with Crippen LogP contribution in [0, 0.1) is 0 Å². The van der Waals surface area contributed by atoms with E-state index in [1.807, 2.05) is 30.3 Å². The Hall–Kier alpha value is -2.36. The van der Waals surface area contributed by atoms with Crippen molar-refractivity contribution in [3.63, 3.8) is 0 Å². The van der Waals surface area contributed by atoms with Gasteiger partial charge in [-0.25, -0.2) is 0 Å². The standard InChI is InChI=1S/C15H15NO3/c1-18-15(17)14(12-7-9-16-10-8-12)11-19-13-5-3-2-4-6-13/h2-10,14H,11H2,1H3. The van der Waals surface area contributed by atoms with E-state index in [0.29, 0.717) is 0 Å². The van der Waals surface area contributed by atoms with Crippen LogP contribution in [0.2, 0.25) is 0 Å². The Labute approximate surface area is 112 Å². The number of aromatic nitrogens is 1. The first-order valence-corrected chi connectivity index (χ1v) is 5.97. The Morgan fingerprint density at radius 3 is 2.47 bits per heavy atom. The van der Waals surface area contributed by atoms with Crippen LogP contribution in [0.15, 0.2) is 54.9 Å². The molecule has 0 N–H and O–H groups in total. The van der Waals surface area contributed by atoms with Crippen LogP contribution in [-0.2, 0) is 9.53 Å². The molecule has 0 saturated heterocycles. The van der Waals surface area contributed by atoms with Gasteiger partial charge >= 0.3 is 5.97 Å². The fraction of sp³-hybridized carbons (Fsp3) is 0.200. The van der Waals surface area contributed by atoms with Gasteiger partial charge < -0.3 is 9.47 Å². The summed E-state index contributed by atoms with van der Waals surface area (Å²) in [5, 5.41) is 0. The van der Waals surface area contributed by atoms with Gasteiger partial charge in [-0.3, -0.25) is 9.78 Å². The predicted octanol–water partition coefficient (Wildman–Crippen LogP) is 2.42. The molecule has 1 aromatic heterocycles. The summed E-state index contributed by atoms with van der Waals surface area (Å²) in [5.74, 6) is -0.0409.